The summed E-state index contributed by atoms with van der Waals surface area (Å²) in [6.45, 7) is 8.32. The van der Waals surface area contributed by atoms with Crippen LogP contribution in [0.15, 0.2) is 36.4 Å². The maximum atomic E-state index is 14.1. The molecule has 0 saturated carbocycles. The number of likely N-dealkylation sites (tertiary alicyclic amines) is 1. The van der Waals surface area contributed by atoms with Gasteiger partial charge in [-0.15, -0.1) is 0 Å². The van der Waals surface area contributed by atoms with Crippen molar-refractivity contribution < 1.29 is 28.3 Å². The van der Waals surface area contributed by atoms with E-state index in [-0.39, 0.29) is 29.8 Å². The van der Waals surface area contributed by atoms with Gasteiger partial charge in [-0.3, -0.25) is 14.4 Å². The summed E-state index contributed by atoms with van der Waals surface area (Å²) in [5, 5.41) is 17.8. The molecule has 1 unspecified atom stereocenters. The first-order valence-corrected chi connectivity index (χ1v) is 15.5. The SMILES string of the molecule is CCCN(CCC)C(=O)c1cc(C)cc(C(=O)N[C@@H](Cc2cc(F)cc(F)c2)[C@H](O)C2C[C@@H](N3CCCC3=O)CCN2)c1. The van der Waals surface area contributed by atoms with E-state index in [1.807, 2.05) is 25.7 Å². The van der Waals surface area contributed by atoms with Crippen molar-refractivity contribution in [2.24, 2.45) is 0 Å². The van der Waals surface area contributed by atoms with Crippen molar-refractivity contribution in [3.05, 3.63) is 70.3 Å². The van der Waals surface area contributed by atoms with Gasteiger partial charge in [-0.1, -0.05) is 13.8 Å². The van der Waals surface area contributed by atoms with E-state index >= 15 is 0 Å². The number of benzene rings is 2. The number of amides is 3. The number of aliphatic hydroxyl groups is 1. The number of nitrogens with zero attached hydrogens (tertiary/aromatic N) is 2. The second-order valence-corrected chi connectivity index (χ2v) is 11.9. The van der Waals surface area contributed by atoms with Crippen molar-refractivity contribution in [2.75, 3.05) is 26.2 Å². The molecule has 3 amide bonds. The van der Waals surface area contributed by atoms with Crippen LogP contribution in [0.5, 0.6) is 0 Å². The average Bonchev–Trinajstić information content (AvgIpc) is 3.41. The minimum Gasteiger partial charge on any atom is -0.389 e. The third-order valence-electron chi connectivity index (χ3n) is 8.34. The highest BCUT2D eigenvalue weighted by Gasteiger charge is 2.37. The summed E-state index contributed by atoms with van der Waals surface area (Å²) in [5.74, 6) is -2.03. The molecule has 4 atom stereocenters. The number of halogens is 2. The van der Waals surface area contributed by atoms with Gasteiger partial charge in [0.2, 0.25) is 5.91 Å². The first kappa shape index (κ1) is 32.5. The highest BCUT2D eigenvalue weighted by atomic mass is 19.1. The van der Waals surface area contributed by atoms with Gasteiger partial charge in [-0.05, 0) is 93.5 Å². The molecule has 0 aromatic heterocycles. The molecule has 4 rings (SSSR count). The summed E-state index contributed by atoms with van der Waals surface area (Å²) in [6, 6.07) is 6.75. The number of nitrogens with one attached hydrogen (secondary N) is 2. The Kier molecular flexibility index (Phi) is 11.3. The van der Waals surface area contributed by atoms with Crippen molar-refractivity contribution in [3.8, 4) is 0 Å². The van der Waals surface area contributed by atoms with Crippen LogP contribution in [0.3, 0.4) is 0 Å². The standard InChI is InChI=1S/C33H44F2N4O4/c1-4-10-38(11-5-2)33(43)24-14-21(3)13-23(18-24)32(42)37-29(17-22-15-25(34)19-26(35)16-22)31(41)28-20-27(8-9-36-28)39-12-6-7-30(39)40/h13-16,18-19,27-29,31,36,41H,4-12,17,20H2,1-3H3,(H,37,42)/t27-,28?,29-,31+/m0/s1. The quantitative estimate of drug-likeness (QED) is 0.343. The lowest BCUT2D eigenvalue weighted by Crippen LogP contribution is -2.58. The topological polar surface area (TPSA) is 102 Å². The molecule has 8 nitrogen and oxygen atoms in total. The Morgan fingerprint density at radius 2 is 1.74 bits per heavy atom. The summed E-state index contributed by atoms with van der Waals surface area (Å²) in [6.07, 6.45) is 3.07. The van der Waals surface area contributed by atoms with Gasteiger partial charge in [0.1, 0.15) is 11.6 Å². The summed E-state index contributed by atoms with van der Waals surface area (Å²) in [5.41, 5.74) is 1.69. The van der Waals surface area contributed by atoms with Gasteiger partial charge >= 0.3 is 0 Å². The van der Waals surface area contributed by atoms with Crippen LogP contribution in [0.2, 0.25) is 0 Å². The molecule has 2 aliphatic rings. The molecule has 10 heteroatoms. The molecule has 0 radical (unpaired) electrons. The summed E-state index contributed by atoms with van der Waals surface area (Å²) in [4.78, 5) is 43.0. The first-order chi connectivity index (χ1) is 20.6. The highest BCUT2D eigenvalue weighted by Crippen LogP contribution is 2.25. The number of carbonyl (C=O) groups is 3. The molecule has 0 spiro atoms. The number of carbonyl (C=O) groups excluding carboxylic acids is 3. The van der Waals surface area contributed by atoms with E-state index in [1.54, 1.807) is 23.1 Å². The lowest BCUT2D eigenvalue weighted by Gasteiger charge is -2.40. The normalized spacial score (nSPS) is 20.1. The molecule has 2 aliphatic heterocycles. The molecule has 2 aromatic carbocycles. The van der Waals surface area contributed by atoms with Crippen molar-refractivity contribution in [3.63, 3.8) is 0 Å². The zero-order valence-corrected chi connectivity index (χ0v) is 25.4. The van der Waals surface area contributed by atoms with E-state index < -0.39 is 35.7 Å². The lowest BCUT2D eigenvalue weighted by atomic mass is 9.88. The molecule has 2 heterocycles. The van der Waals surface area contributed by atoms with Gasteiger partial charge in [0.05, 0.1) is 12.1 Å². The number of hydrogen-bond acceptors (Lipinski definition) is 5. The Hall–Kier alpha value is -3.37. The van der Waals surface area contributed by atoms with E-state index in [0.717, 1.165) is 37.3 Å². The second kappa shape index (κ2) is 14.9. The highest BCUT2D eigenvalue weighted by molar-refractivity contribution is 6.00. The maximum absolute atomic E-state index is 14.1. The summed E-state index contributed by atoms with van der Waals surface area (Å²) in [7, 11) is 0. The molecule has 43 heavy (non-hydrogen) atoms. The summed E-state index contributed by atoms with van der Waals surface area (Å²) >= 11 is 0. The van der Waals surface area contributed by atoms with Gasteiger partial charge < -0.3 is 25.5 Å². The number of rotatable bonds is 12. The Bertz CT molecular complexity index is 1280. The maximum Gasteiger partial charge on any atom is 0.253 e. The van der Waals surface area contributed by atoms with Crippen LogP contribution >= 0.6 is 0 Å². The van der Waals surface area contributed by atoms with Crippen molar-refractivity contribution in [2.45, 2.75) is 89.9 Å². The van der Waals surface area contributed by atoms with Gasteiger partial charge in [-0.2, -0.15) is 0 Å². The number of aliphatic hydroxyl groups excluding tert-OH is 1. The van der Waals surface area contributed by atoms with E-state index in [4.69, 9.17) is 0 Å². The Balaban J connectivity index is 1.58. The van der Waals surface area contributed by atoms with Crippen LogP contribution in [-0.2, 0) is 11.2 Å². The van der Waals surface area contributed by atoms with Gasteiger partial charge in [-0.25, -0.2) is 8.78 Å². The van der Waals surface area contributed by atoms with Gasteiger partial charge in [0, 0.05) is 55.3 Å². The fourth-order valence-corrected chi connectivity index (χ4v) is 6.38. The van der Waals surface area contributed by atoms with Crippen LogP contribution in [-0.4, -0.2) is 83.0 Å². The predicted octanol–water partition coefficient (Wildman–Crippen LogP) is 3.98. The minimum atomic E-state index is -1.12. The predicted molar refractivity (Wildman–Crippen MR) is 161 cm³/mol. The van der Waals surface area contributed by atoms with Crippen LogP contribution in [0.4, 0.5) is 8.78 Å². The molecule has 0 bridgehead atoms. The average molecular weight is 599 g/mol. The fourth-order valence-electron chi connectivity index (χ4n) is 6.38. The third-order valence-corrected chi connectivity index (χ3v) is 8.34. The monoisotopic (exact) mass is 598 g/mol. The molecule has 3 N–H and O–H groups in total. The van der Waals surface area contributed by atoms with E-state index in [9.17, 15) is 28.3 Å². The van der Waals surface area contributed by atoms with Crippen LogP contribution in [0, 0.1) is 18.6 Å². The minimum absolute atomic E-state index is 0.0224. The Morgan fingerprint density at radius 1 is 1.07 bits per heavy atom. The molecular formula is C33H44F2N4O4. The Labute approximate surface area is 252 Å². The second-order valence-electron chi connectivity index (χ2n) is 11.9. The zero-order valence-electron chi connectivity index (χ0n) is 25.4. The number of aryl methyl sites for hydroxylation is 1. The first-order valence-electron chi connectivity index (χ1n) is 15.5. The number of hydrogen-bond donors (Lipinski definition) is 3. The smallest absolute Gasteiger partial charge is 0.253 e. The van der Waals surface area contributed by atoms with Crippen LogP contribution in [0.25, 0.3) is 0 Å². The fraction of sp³-hybridized carbons (Fsp3) is 0.545. The Morgan fingerprint density at radius 3 is 2.37 bits per heavy atom. The molecule has 2 fully saturated rings. The molecule has 2 saturated heterocycles. The van der Waals surface area contributed by atoms with Crippen molar-refractivity contribution in [1.82, 2.24) is 20.4 Å². The van der Waals surface area contributed by atoms with Crippen molar-refractivity contribution >= 4 is 17.7 Å². The lowest BCUT2D eigenvalue weighted by molar-refractivity contribution is -0.130. The van der Waals surface area contributed by atoms with E-state index in [1.165, 1.54) is 12.1 Å². The van der Waals surface area contributed by atoms with Crippen LogP contribution < -0.4 is 10.6 Å². The zero-order chi connectivity index (χ0) is 31.1. The van der Waals surface area contributed by atoms with Gasteiger partial charge in [0.25, 0.3) is 11.8 Å². The van der Waals surface area contributed by atoms with E-state index in [0.29, 0.717) is 50.1 Å². The van der Waals surface area contributed by atoms with Gasteiger partial charge in [0.15, 0.2) is 0 Å². The van der Waals surface area contributed by atoms with Crippen molar-refractivity contribution in [1.29, 1.82) is 0 Å². The van der Waals surface area contributed by atoms with Crippen LogP contribution in [0.1, 0.15) is 84.2 Å². The van der Waals surface area contributed by atoms with E-state index in [2.05, 4.69) is 10.6 Å². The molecule has 0 aliphatic carbocycles. The summed E-state index contributed by atoms with van der Waals surface area (Å²) < 4.78 is 28.2. The third kappa shape index (κ3) is 8.38. The number of piperidine rings is 1. The largest absolute Gasteiger partial charge is 0.389 e. The molecule has 234 valence electrons. The molecule has 2 aromatic rings. The molecular weight excluding hydrogens is 554 g/mol.